The fourth-order valence-corrected chi connectivity index (χ4v) is 0.525. The largest absolute Gasteiger partial charge is 0.337 e. The van der Waals surface area contributed by atoms with Crippen molar-refractivity contribution in [3.8, 4) is 0 Å². The zero-order valence-electron chi connectivity index (χ0n) is 4.31. The lowest BCUT2D eigenvalue weighted by molar-refractivity contribution is -0.0608. The minimum Gasteiger partial charge on any atom is -0.337 e. The van der Waals surface area contributed by atoms with Gasteiger partial charge in [-0.3, -0.25) is 5.32 Å². The third-order valence-corrected chi connectivity index (χ3v) is 0.857. The lowest BCUT2D eigenvalue weighted by atomic mass is 10.8. The molecule has 0 aromatic rings. The van der Waals surface area contributed by atoms with Crippen molar-refractivity contribution >= 4 is 0 Å². The van der Waals surface area contributed by atoms with Crippen LogP contribution in [0.3, 0.4) is 0 Å². The van der Waals surface area contributed by atoms with E-state index in [1.165, 1.54) is 0 Å². The van der Waals surface area contributed by atoms with Crippen molar-refractivity contribution in [3.63, 3.8) is 0 Å². The minimum absolute atomic E-state index is 0.153. The van der Waals surface area contributed by atoms with Crippen molar-refractivity contribution in [2.45, 2.75) is 6.41 Å². The molecule has 1 heterocycles. The molecule has 0 spiro atoms. The fraction of sp³-hybridized carbons (Fsp3) is 1.00. The third kappa shape index (κ3) is 1.12. The van der Waals surface area contributed by atoms with E-state index < -0.39 is 0 Å². The maximum atomic E-state index is 4.97. The number of hydrogen-bond donors (Lipinski definition) is 1. The first-order chi connectivity index (χ1) is 3.43. The van der Waals surface area contributed by atoms with E-state index in [1.54, 1.807) is 7.05 Å². The van der Waals surface area contributed by atoms with Crippen LogP contribution in [-0.4, -0.2) is 26.7 Å². The van der Waals surface area contributed by atoms with Crippen LogP contribution >= 0.6 is 0 Å². The van der Waals surface area contributed by atoms with Gasteiger partial charge in [0.25, 0.3) is 0 Å². The number of rotatable bonds is 1. The highest BCUT2D eigenvalue weighted by Gasteiger charge is 2.11. The van der Waals surface area contributed by atoms with Crippen LogP contribution in [0.1, 0.15) is 0 Å². The highest BCUT2D eigenvalue weighted by molar-refractivity contribution is 4.43. The van der Waals surface area contributed by atoms with Gasteiger partial charge in [0, 0.05) is 0 Å². The molecule has 42 valence electrons. The van der Waals surface area contributed by atoms with E-state index in [0.717, 1.165) is 0 Å². The fourth-order valence-electron chi connectivity index (χ4n) is 0.525. The zero-order valence-corrected chi connectivity index (χ0v) is 4.31. The topological polar surface area (TPSA) is 30.5 Å². The Morgan fingerprint density at radius 1 is 1.43 bits per heavy atom. The van der Waals surface area contributed by atoms with E-state index in [4.69, 9.17) is 9.47 Å². The van der Waals surface area contributed by atoms with E-state index in [9.17, 15) is 0 Å². The smallest absolute Gasteiger partial charge is 0.215 e. The molecule has 1 rings (SSSR count). The average molecular weight is 103 g/mol. The Labute approximate surface area is 42.6 Å². The van der Waals surface area contributed by atoms with Crippen LogP contribution in [0.15, 0.2) is 0 Å². The molecule has 0 bridgehead atoms. The lowest BCUT2D eigenvalue weighted by Crippen LogP contribution is -2.24. The molecule has 0 radical (unpaired) electrons. The summed E-state index contributed by atoms with van der Waals surface area (Å²) in [5.74, 6) is 0. The van der Waals surface area contributed by atoms with Gasteiger partial charge in [-0.2, -0.15) is 0 Å². The van der Waals surface area contributed by atoms with Crippen molar-refractivity contribution in [1.29, 1.82) is 0 Å². The number of nitrogens with one attached hydrogen (secondary N) is 1. The lowest BCUT2D eigenvalue weighted by Gasteiger charge is -2.03. The summed E-state index contributed by atoms with van der Waals surface area (Å²) in [7, 11) is 1.80. The van der Waals surface area contributed by atoms with Gasteiger partial charge in [-0.05, 0) is 7.05 Å². The summed E-state index contributed by atoms with van der Waals surface area (Å²) in [5.41, 5.74) is 0. The summed E-state index contributed by atoms with van der Waals surface area (Å²) < 4.78 is 9.94. The van der Waals surface area contributed by atoms with Crippen LogP contribution < -0.4 is 5.32 Å². The van der Waals surface area contributed by atoms with Gasteiger partial charge in [-0.1, -0.05) is 0 Å². The summed E-state index contributed by atoms with van der Waals surface area (Å²) in [4.78, 5) is 0. The summed E-state index contributed by atoms with van der Waals surface area (Å²) in [6.45, 7) is 1.43. The Morgan fingerprint density at radius 2 is 2.00 bits per heavy atom. The SMILES string of the molecule is CNC1OCCO1. The molecule has 1 N–H and O–H groups in total. The van der Waals surface area contributed by atoms with Gasteiger partial charge in [-0.25, -0.2) is 0 Å². The molecule has 0 aromatic carbocycles. The molecular weight excluding hydrogens is 94.0 g/mol. The molecule has 3 nitrogen and oxygen atoms in total. The molecule has 1 fully saturated rings. The van der Waals surface area contributed by atoms with Crippen molar-refractivity contribution in [1.82, 2.24) is 5.32 Å². The van der Waals surface area contributed by atoms with Gasteiger partial charge < -0.3 is 9.47 Å². The maximum Gasteiger partial charge on any atom is 0.215 e. The molecule has 0 saturated carbocycles. The summed E-state index contributed by atoms with van der Waals surface area (Å²) >= 11 is 0. The summed E-state index contributed by atoms with van der Waals surface area (Å²) in [5, 5.41) is 2.82. The highest BCUT2D eigenvalue weighted by atomic mass is 16.7. The van der Waals surface area contributed by atoms with E-state index in [-0.39, 0.29) is 6.41 Å². The van der Waals surface area contributed by atoms with Gasteiger partial charge in [0.05, 0.1) is 13.2 Å². The standard InChI is InChI=1S/C4H9NO2/c1-5-4-6-2-3-7-4/h4-5H,2-3H2,1H3. The molecule has 1 aliphatic rings. The van der Waals surface area contributed by atoms with Crippen LogP contribution in [-0.2, 0) is 9.47 Å². The zero-order chi connectivity index (χ0) is 5.11. The quantitative estimate of drug-likeness (QED) is 0.487. The first-order valence-electron chi connectivity index (χ1n) is 2.34. The molecule has 0 aliphatic carbocycles. The van der Waals surface area contributed by atoms with Gasteiger partial charge in [-0.15, -0.1) is 0 Å². The molecule has 1 saturated heterocycles. The normalized spacial score (nSPS) is 23.6. The molecule has 0 atom stereocenters. The number of ether oxygens (including phenoxy) is 2. The maximum absolute atomic E-state index is 4.97. The summed E-state index contributed by atoms with van der Waals surface area (Å²) in [6.07, 6.45) is -0.153. The third-order valence-electron chi connectivity index (χ3n) is 0.857. The Hall–Kier alpha value is -0.120. The molecule has 7 heavy (non-hydrogen) atoms. The van der Waals surface area contributed by atoms with Crippen molar-refractivity contribution in [3.05, 3.63) is 0 Å². The molecule has 0 unspecified atom stereocenters. The van der Waals surface area contributed by atoms with Crippen LogP contribution in [0.4, 0.5) is 0 Å². The minimum atomic E-state index is -0.153. The second kappa shape index (κ2) is 2.26. The summed E-state index contributed by atoms with van der Waals surface area (Å²) in [6, 6.07) is 0. The monoisotopic (exact) mass is 103 g/mol. The second-order valence-corrected chi connectivity index (χ2v) is 1.36. The predicted octanol–water partition coefficient (Wildman–Crippen LogP) is -0.464. The Morgan fingerprint density at radius 3 is 2.29 bits per heavy atom. The van der Waals surface area contributed by atoms with Crippen molar-refractivity contribution in [2.24, 2.45) is 0 Å². The van der Waals surface area contributed by atoms with E-state index in [2.05, 4.69) is 5.32 Å². The highest BCUT2D eigenvalue weighted by Crippen LogP contribution is 1.96. The molecule has 0 amide bonds. The van der Waals surface area contributed by atoms with Gasteiger partial charge in [0.15, 0.2) is 0 Å². The van der Waals surface area contributed by atoms with Crippen molar-refractivity contribution < 1.29 is 9.47 Å². The molecule has 3 heteroatoms. The van der Waals surface area contributed by atoms with Crippen LogP contribution in [0.2, 0.25) is 0 Å². The van der Waals surface area contributed by atoms with Crippen molar-refractivity contribution in [2.75, 3.05) is 20.3 Å². The molecule has 0 aromatic heterocycles. The average Bonchev–Trinajstić information content (AvgIpc) is 2.14. The van der Waals surface area contributed by atoms with Crippen LogP contribution in [0, 0.1) is 0 Å². The Bertz CT molecular complexity index is 51.7. The van der Waals surface area contributed by atoms with Gasteiger partial charge >= 0.3 is 0 Å². The van der Waals surface area contributed by atoms with E-state index in [0.29, 0.717) is 13.2 Å². The predicted molar refractivity (Wildman–Crippen MR) is 24.8 cm³/mol. The van der Waals surface area contributed by atoms with Gasteiger partial charge in [0.2, 0.25) is 6.41 Å². The van der Waals surface area contributed by atoms with E-state index in [1.807, 2.05) is 0 Å². The van der Waals surface area contributed by atoms with E-state index >= 15 is 0 Å². The van der Waals surface area contributed by atoms with Crippen LogP contribution in [0.25, 0.3) is 0 Å². The van der Waals surface area contributed by atoms with Crippen LogP contribution in [0.5, 0.6) is 0 Å². The Kier molecular flexibility index (Phi) is 1.62. The molecular formula is C4H9NO2. The first kappa shape index (κ1) is 5.03. The first-order valence-corrected chi connectivity index (χ1v) is 2.34. The van der Waals surface area contributed by atoms with Gasteiger partial charge in [0.1, 0.15) is 0 Å². The molecule has 1 aliphatic heterocycles. The number of hydrogen-bond acceptors (Lipinski definition) is 3. The second-order valence-electron chi connectivity index (χ2n) is 1.36. The Balaban J connectivity index is 2.14.